The maximum absolute atomic E-state index is 11.5. The molecule has 0 aromatic heterocycles. The van der Waals surface area contributed by atoms with Crippen LogP contribution >= 0.6 is 0 Å². The zero-order valence-corrected chi connectivity index (χ0v) is 9.27. The topological polar surface area (TPSA) is 37.4 Å². The van der Waals surface area contributed by atoms with Gasteiger partial charge >= 0.3 is 0 Å². The molecule has 15 heavy (non-hydrogen) atoms. The molecule has 0 N–H and O–H groups in total. The van der Waals surface area contributed by atoms with Crippen molar-refractivity contribution in [1.82, 2.24) is 4.90 Å². The van der Waals surface area contributed by atoms with Crippen molar-refractivity contribution >= 4 is 11.8 Å². The van der Waals surface area contributed by atoms with Gasteiger partial charge in [-0.2, -0.15) is 0 Å². The van der Waals surface area contributed by atoms with Gasteiger partial charge in [0.05, 0.1) is 0 Å². The molecular weight excluding hydrogens is 190 g/mol. The van der Waals surface area contributed by atoms with E-state index in [0.29, 0.717) is 11.8 Å². The van der Waals surface area contributed by atoms with E-state index in [4.69, 9.17) is 0 Å². The minimum atomic E-state index is -0.133. The third kappa shape index (κ3) is 1.83. The fourth-order valence-corrected chi connectivity index (χ4v) is 2.53. The molecule has 2 aliphatic rings. The summed E-state index contributed by atoms with van der Waals surface area (Å²) in [5.41, 5.74) is 0. The summed E-state index contributed by atoms with van der Waals surface area (Å²) in [6.07, 6.45) is 5.80. The highest BCUT2D eigenvalue weighted by molar-refractivity contribution is 6.13. The van der Waals surface area contributed by atoms with Crippen LogP contribution in [0.25, 0.3) is 0 Å². The van der Waals surface area contributed by atoms with Crippen molar-refractivity contribution in [2.45, 2.75) is 39.2 Å². The Bertz CT molecular complexity index is 304. The lowest BCUT2D eigenvalue weighted by molar-refractivity contribution is -0.140. The monoisotopic (exact) mass is 207 g/mol. The highest BCUT2D eigenvalue weighted by Gasteiger charge is 2.35. The molecule has 1 aliphatic carbocycles. The maximum Gasteiger partial charge on any atom is 0.253 e. The molecule has 1 saturated carbocycles. The molecule has 3 nitrogen and oxygen atoms in total. The Balaban J connectivity index is 2.06. The molecule has 82 valence electrons. The first-order valence-electron chi connectivity index (χ1n) is 5.65. The van der Waals surface area contributed by atoms with E-state index in [1.54, 1.807) is 0 Å². The number of hydrogen-bond acceptors (Lipinski definition) is 2. The minimum absolute atomic E-state index is 0.131. The minimum Gasteiger partial charge on any atom is -0.272 e. The van der Waals surface area contributed by atoms with Crippen LogP contribution in [0.15, 0.2) is 12.2 Å². The Hall–Kier alpha value is -1.12. The van der Waals surface area contributed by atoms with Crippen LogP contribution in [0.2, 0.25) is 0 Å². The fraction of sp³-hybridized carbons (Fsp3) is 0.667. The summed E-state index contributed by atoms with van der Waals surface area (Å²) < 4.78 is 0. The molecule has 3 heteroatoms. The predicted octanol–water partition coefficient (Wildman–Crippen LogP) is 1.74. The van der Waals surface area contributed by atoms with Gasteiger partial charge in [0, 0.05) is 18.2 Å². The van der Waals surface area contributed by atoms with Crippen molar-refractivity contribution in [3.63, 3.8) is 0 Å². The second-order valence-corrected chi connectivity index (χ2v) is 4.80. The molecule has 1 aliphatic heterocycles. The van der Waals surface area contributed by atoms with Gasteiger partial charge in [0.25, 0.3) is 11.8 Å². The molecule has 3 atom stereocenters. The van der Waals surface area contributed by atoms with Gasteiger partial charge in [0.15, 0.2) is 0 Å². The molecule has 2 amide bonds. The van der Waals surface area contributed by atoms with E-state index in [9.17, 15) is 9.59 Å². The number of hydrogen-bond donors (Lipinski definition) is 0. The van der Waals surface area contributed by atoms with Gasteiger partial charge in [-0.1, -0.05) is 13.8 Å². The number of carbonyl (C=O) groups is 2. The van der Waals surface area contributed by atoms with Crippen molar-refractivity contribution in [1.29, 1.82) is 0 Å². The normalized spacial score (nSPS) is 36.4. The fourth-order valence-electron chi connectivity index (χ4n) is 2.53. The van der Waals surface area contributed by atoms with E-state index in [1.165, 1.54) is 17.1 Å². The summed E-state index contributed by atoms with van der Waals surface area (Å²) in [6.45, 7) is 4.45. The number of rotatable bonds is 1. The zero-order chi connectivity index (χ0) is 11.0. The Morgan fingerprint density at radius 3 is 2.20 bits per heavy atom. The zero-order valence-electron chi connectivity index (χ0n) is 9.27. The van der Waals surface area contributed by atoms with Gasteiger partial charge in [0.1, 0.15) is 0 Å². The molecule has 1 heterocycles. The van der Waals surface area contributed by atoms with Crippen molar-refractivity contribution < 1.29 is 9.59 Å². The Morgan fingerprint density at radius 1 is 1.07 bits per heavy atom. The third-order valence-corrected chi connectivity index (χ3v) is 3.78. The van der Waals surface area contributed by atoms with E-state index in [1.807, 2.05) is 0 Å². The molecule has 2 rings (SSSR count). The van der Waals surface area contributed by atoms with Gasteiger partial charge in [-0.3, -0.25) is 14.5 Å². The molecule has 0 aromatic carbocycles. The molecule has 0 aromatic rings. The van der Waals surface area contributed by atoms with Crippen LogP contribution in [0.1, 0.15) is 33.1 Å². The first-order valence-corrected chi connectivity index (χ1v) is 5.65. The third-order valence-electron chi connectivity index (χ3n) is 3.78. The Kier molecular flexibility index (Phi) is 2.63. The number of amides is 2. The second-order valence-electron chi connectivity index (χ2n) is 4.80. The summed E-state index contributed by atoms with van der Waals surface area (Å²) >= 11 is 0. The standard InChI is InChI=1S/C12H17NO2/c1-8-3-4-10(7-9(8)2)13-11(14)5-6-12(13)15/h5-6,8-10H,3-4,7H2,1-2H3. The first kappa shape index (κ1) is 10.4. The van der Waals surface area contributed by atoms with Gasteiger partial charge in [-0.05, 0) is 31.1 Å². The number of nitrogens with zero attached hydrogens (tertiary/aromatic N) is 1. The quantitative estimate of drug-likeness (QED) is 0.614. The molecule has 0 radical (unpaired) electrons. The van der Waals surface area contributed by atoms with E-state index >= 15 is 0 Å². The summed E-state index contributed by atoms with van der Waals surface area (Å²) in [5.74, 6) is 1.05. The Labute approximate surface area is 90.1 Å². The molecule has 0 spiro atoms. The van der Waals surface area contributed by atoms with Crippen LogP contribution in [0, 0.1) is 11.8 Å². The van der Waals surface area contributed by atoms with Crippen LogP contribution < -0.4 is 0 Å². The summed E-state index contributed by atoms with van der Waals surface area (Å²) in [7, 11) is 0. The second kappa shape index (κ2) is 3.80. The van der Waals surface area contributed by atoms with Crippen LogP contribution in [0.3, 0.4) is 0 Å². The largest absolute Gasteiger partial charge is 0.272 e. The summed E-state index contributed by atoms with van der Waals surface area (Å²) in [5, 5.41) is 0. The average molecular weight is 207 g/mol. The average Bonchev–Trinajstić information content (AvgIpc) is 2.52. The van der Waals surface area contributed by atoms with Crippen molar-refractivity contribution in [3.05, 3.63) is 12.2 Å². The van der Waals surface area contributed by atoms with E-state index in [0.717, 1.165) is 19.3 Å². The van der Waals surface area contributed by atoms with E-state index in [2.05, 4.69) is 13.8 Å². The van der Waals surface area contributed by atoms with Crippen LogP contribution in [-0.2, 0) is 9.59 Å². The predicted molar refractivity (Wildman–Crippen MR) is 57.0 cm³/mol. The van der Waals surface area contributed by atoms with E-state index in [-0.39, 0.29) is 17.9 Å². The van der Waals surface area contributed by atoms with E-state index < -0.39 is 0 Å². The van der Waals surface area contributed by atoms with Crippen LogP contribution in [-0.4, -0.2) is 22.8 Å². The molecule has 0 bridgehead atoms. The van der Waals surface area contributed by atoms with Crippen molar-refractivity contribution in [2.24, 2.45) is 11.8 Å². The molecule has 1 fully saturated rings. The highest BCUT2D eigenvalue weighted by Crippen LogP contribution is 2.33. The SMILES string of the molecule is CC1CCC(N2C(=O)C=CC2=O)CC1C. The smallest absolute Gasteiger partial charge is 0.253 e. The van der Waals surface area contributed by atoms with Crippen LogP contribution in [0.5, 0.6) is 0 Å². The van der Waals surface area contributed by atoms with Gasteiger partial charge in [0.2, 0.25) is 0 Å². The van der Waals surface area contributed by atoms with Gasteiger partial charge < -0.3 is 0 Å². The molecule has 3 unspecified atom stereocenters. The highest BCUT2D eigenvalue weighted by atomic mass is 16.2. The lowest BCUT2D eigenvalue weighted by Crippen LogP contribution is -2.43. The summed E-state index contributed by atoms with van der Waals surface area (Å²) in [6, 6.07) is 0.131. The van der Waals surface area contributed by atoms with Crippen LogP contribution in [0.4, 0.5) is 0 Å². The lowest BCUT2D eigenvalue weighted by atomic mass is 9.78. The lowest BCUT2D eigenvalue weighted by Gasteiger charge is -2.36. The van der Waals surface area contributed by atoms with Crippen molar-refractivity contribution in [2.75, 3.05) is 0 Å². The number of carbonyl (C=O) groups excluding carboxylic acids is 2. The van der Waals surface area contributed by atoms with Gasteiger partial charge in [-0.15, -0.1) is 0 Å². The first-order chi connectivity index (χ1) is 7.09. The van der Waals surface area contributed by atoms with Gasteiger partial charge in [-0.25, -0.2) is 0 Å². The van der Waals surface area contributed by atoms with Crippen molar-refractivity contribution in [3.8, 4) is 0 Å². The maximum atomic E-state index is 11.5. The summed E-state index contributed by atoms with van der Waals surface area (Å²) in [4.78, 5) is 24.4. The number of imide groups is 1. The Morgan fingerprint density at radius 2 is 1.67 bits per heavy atom. The molecular formula is C12H17NO2. The molecule has 0 saturated heterocycles.